The standard InChI is InChI=1S/C15H18O2/c1-11(2)15(16)17-9-5-6-14-8-7-12(3)10-13(14)4/h5-8,10H,1,9H2,2-4H3. The van der Waals surface area contributed by atoms with Crippen molar-refractivity contribution < 1.29 is 9.53 Å². The Morgan fingerprint density at radius 2 is 2.12 bits per heavy atom. The molecule has 0 atom stereocenters. The smallest absolute Gasteiger partial charge is 0.333 e. The Hall–Kier alpha value is -1.83. The van der Waals surface area contributed by atoms with Gasteiger partial charge in [0.2, 0.25) is 0 Å². The van der Waals surface area contributed by atoms with Crippen LogP contribution in [0, 0.1) is 13.8 Å². The van der Waals surface area contributed by atoms with Gasteiger partial charge < -0.3 is 4.74 Å². The van der Waals surface area contributed by atoms with Crippen LogP contribution in [0.1, 0.15) is 23.6 Å². The van der Waals surface area contributed by atoms with Crippen LogP contribution in [-0.4, -0.2) is 12.6 Å². The van der Waals surface area contributed by atoms with E-state index in [0.29, 0.717) is 5.57 Å². The molecule has 1 aromatic rings. The lowest BCUT2D eigenvalue weighted by Gasteiger charge is -2.02. The van der Waals surface area contributed by atoms with Crippen molar-refractivity contribution in [1.29, 1.82) is 0 Å². The number of hydrogen-bond acceptors (Lipinski definition) is 2. The van der Waals surface area contributed by atoms with Crippen LogP contribution in [0.15, 0.2) is 36.4 Å². The van der Waals surface area contributed by atoms with Gasteiger partial charge in [0.1, 0.15) is 6.61 Å². The molecule has 0 saturated heterocycles. The largest absolute Gasteiger partial charge is 0.458 e. The topological polar surface area (TPSA) is 26.3 Å². The quantitative estimate of drug-likeness (QED) is 0.585. The number of benzene rings is 1. The molecule has 1 rings (SSSR count). The lowest BCUT2D eigenvalue weighted by atomic mass is 10.1. The molecule has 0 radical (unpaired) electrons. The summed E-state index contributed by atoms with van der Waals surface area (Å²) >= 11 is 0. The molecule has 0 aliphatic heterocycles. The molecule has 0 spiro atoms. The summed E-state index contributed by atoms with van der Waals surface area (Å²) in [6.45, 7) is 9.56. The first kappa shape index (κ1) is 13.2. The van der Waals surface area contributed by atoms with E-state index in [-0.39, 0.29) is 12.6 Å². The summed E-state index contributed by atoms with van der Waals surface area (Å²) in [5, 5.41) is 0. The maximum atomic E-state index is 11.1. The fraction of sp³-hybridized carbons (Fsp3) is 0.267. The molecule has 17 heavy (non-hydrogen) atoms. The van der Waals surface area contributed by atoms with Crippen molar-refractivity contribution >= 4 is 12.0 Å². The number of carbonyl (C=O) groups is 1. The average Bonchev–Trinajstić information content (AvgIpc) is 2.26. The van der Waals surface area contributed by atoms with Crippen molar-refractivity contribution in [3.8, 4) is 0 Å². The lowest BCUT2D eigenvalue weighted by Crippen LogP contribution is -2.04. The molecule has 0 fully saturated rings. The Morgan fingerprint density at radius 3 is 2.71 bits per heavy atom. The van der Waals surface area contributed by atoms with Gasteiger partial charge in [-0.1, -0.05) is 36.4 Å². The van der Waals surface area contributed by atoms with E-state index in [9.17, 15) is 4.79 Å². The van der Waals surface area contributed by atoms with E-state index in [2.05, 4.69) is 38.6 Å². The molecule has 0 aliphatic carbocycles. The molecule has 0 heterocycles. The molecule has 0 unspecified atom stereocenters. The van der Waals surface area contributed by atoms with E-state index < -0.39 is 0 Å². The zero-order valence-electron chi connectivity index (χ0n) is 10.6. The van der Waals surface area contributed by atoms with Gasteiger partial charge in [-0.25, -0.2) is 4.79 Å². The van der Waals surface area contributed by atoms with Gasteiger partial charge in [-0.3, -0.25) is 0 Å². The van der Waals surface area contributed by atoms with Gasteiger partial charge in [-0.2, -0.15) is 0 Å². The number of rotatable bonds is 4. The second kappa shape index (κ2) is 6.04. The van der Waals surface area contributed by atoms with E-state index in [0.717, 1.165) is 5.56 Å². The van der Waals surface area contributed by atoms with E-state index >= 15 is 0 Å². The van der Waals surface area contributed by atoms with Gasteiger partial charge in [0.15, 0.2) is 0 Å². The van der Waals surface area contributed by atoms with Crippen LogP contribution in [0.4, 0.5) is 0 Å². The zero-order chi connectivity index (χ0) is 12.8. The van der Waals surface area contributed by atoms with E-state index in [1.165, 1.54) is 11.1 Å². The highest BCUT2D eigenvalue weighted by Gasteiger charge is 2.00. The summed E-state index contributed by atoms with van der Waals surface area (Å²) in [6, 6.07) is 6.24. The van der Waals surface area contributed by atoms with Crippen molar-refractivity contribution in [3.05, 3.63) is 53.1 Å². The first-order chi connectivity index (χ1) is 8.00. The molecular weight excluding hydrogens is 212 g/mol. The minimum absolute atomic E-state index is 0.277. The molecule has 2 nitrogen and oxygen atoms in total. The van der Waals surface area contributed by atoms with Crippen LogP contribution in [0.3, 0.4) is 0 Å². The molecule has 2 heteroatoms. The predicted octanol–water partition coefficient (Wildman–Crippen LogP) is 3.44. The maximum absolute atomic E-state index is 11.1. The minimum Gasteiger partial charge on any atom is -0.458 e. The first-order valence-corrected chi connectivity index (χ1v) is 5.57. The number of esters is 1. The van der Waals surface area contributed by atoms with Gasteiger partial charge >= 0.3 is 5.97 Å². The zero-order valence-corrected chi connectivity index (χ0v) is 10.6. The normalized spacial score (nSPS) is 10.5. The van der Waals surface area contributed by atoms with Gasteiger partial charge in [0.05, 0.1) is 0 Å². The van der Waals surface area contributed by atoms with Crippen molar-refractivity contribution in [3.63, 3.8) is 0 Å². The second-order valence-corrected chi connectivity index (χ2v) is 4.14. The van der Waals surface area contributed by atoms with E-state index in [1.807, 2.05) is 12.2 Å². The fourth-order valence-electron chi connectivity index (χ4n) is 1.43. The summed E-state index contributed by atoms with van der Waals surface area (Å²) in [7, 11) is 0. The van der Waals surface area contributed by atoms with Crippen molar-refractivity contribution in [2.45, 2.75) is 20.8 Å². The number of hydrogen-bond donors (Lipinski definition) is 0. The molecule has 0 N–H and O–H groups in total. The van der Waals surface area contributed by atoms with Crippen LogP contribution in [0.25, 0.3) is 6.08 Å². The maximum Gasteiger partial charge on any atom is 0.333 e. The molecule has 0 bridgehead atoms. The fourth-order valence-corrected chi connectivity index (χ4v) is 1.43. The Balaban J connectivity index is 2.54. The summed E-state index contributed by atoms with van der Waals surface area (Å²) in [6.07, 6.45) is 3.79. The molecule has 0 aromatic heterocycles. The van der Waals surface area contributed by atoms with Gasteiger partial charge in [-0.15, -0.1) is 0 Å². The van der Waals surface area contributed by atoms with Gasteiger partial charge in [-0.05, 0) is 38.0 Å². The van der Waals surface area contributed by atoms with Gasteiger partial charge in [0.25, 0.3) is 0 Å². The monoisotopic (exact) mass is 230 g/mol. The van der Waals surface area contributed by atoms with Gasteiger partial charge in [0, 0.05) is 5.57 Å². The summed E-state index contributed by atoms with van der Waals surface area (Å²) < 4.78 is 4.96. The van der Waals surface area contributed by atoms with Crippen molar-refractivity contribution in [2.24, 2.45) is 0 Å². The third kappa shape index (κ3) is 4.27. The van der Waals surface area contributed by atoms with Crippen molar-refractivity contribution in [1.82, 2.24) is 0 Å². The molecule has 1 aromatic carbocycles. The third-order valence-corrected chi connectivity index (χ3v) is 2.38. The number of aryl methyl sites for hydroxylation is 2. The van der Waals surface area contributed by atoms with E-state index in [4.69, 9.17) is 4.74 Å². The number of carbonyl (C=O) groups excluding carboxylic acids is 1. The molecule has 90 valence electrons. The minimum atomic E-state index is -0.352. The molecular formula is C15H18O2. The van der Waals surface area contributed by atoms with Crippen molar-refractivity contribution in [2.75, 3.05) is 6.61 Å². The molecule has 0 saturated carbocycles. The Morgan fingerprint density at radius 1 is 1.41 bits per heavy atom. The molecule has 0 amide bonds. The van der Waals surface area contributed by atoms with Crippen LogP contribution >= 0.6 is 0 Å². The van der Waals surface area contributed by atoms with E-state index in [1.54, 1.807) is 6.92 Å². The Kier molecular flexibility index (Phi) is 4.70. The highest BCUT2D eigenvalue weighted by molar-refractivity contribution is 5.87. The highest BCUT2D eigenvalue weighted by Crippen LogP contribution is 2.11. The summed E-state index contributed by atoms with van der Waals surface area (Å²) in [4.78, 5) is 11.1. The average molecular weight is 230 g/mol. The summed E-state index contributed by atoms with van der Waals surface area (Å²) in [5.41, 5.74) is 4.02. The third-order valence-electron chi connectivity index (χ3n) is 2.38. The summed E-state index contributed by atoms with van der Waals surface area (Å²) in [5.74, 6) is -0.352. The number of ether oxygens (including phenoxy) is 1. The Labute approximate surface area is 103 Å². The van der Waals surface area contributed by atoms with Crippen LogP contribution in [0.2, 0.25) is 0 Å². The Bertz CT molecular complexity index is 456. The first-order valence-electron chi connectivity index (χ1n) is 5.57. The lowest BCUT2D eigenvalue weighted by molar-refractivity contribution is -0.137. The van der Waals surface area contributed by atoms with Crippen LogP contribution < -0.4 is 0 Å². The predicted molar refractivity (Wildman–Crippen MR) is 70.7 cm³/mol. The van der Waals surface area contributed by atoms with Crippen LogP contribution in [-0.2, 0) is 9.53 Å². The van der Waals surface area contributed by atoms with Crippen LogP contribution in [0.5, 0.6) is 0 Å². The second-order valence-electron chi connectivity index (χ2n) is 4.14. The highest BCUT2D eigenvalue weighted by atomic mass is 16.5. The molecule has 0 aliphatic rings. The SMILES string of the molecule is C=C(C)C(=O)OCC=Cc1ccc(C)cc1C.